The van der Waals surface area contributed by atoms with Gasteiger partial charge in [0.2, 0.25) is 0 Å². The van der Waals surface area contributed by atoms with Crippen molar-refractivity contribution < 1.29 is 0 Å². The largest absolute Gasteiger partial charge is 0.376 e. The lowest BCUT2D eigenvalue weighted by atomic mass is 9.88. The highest BCUT2D eigenvalue weighted by Gasteiger charge is 2.24. The highest BCUT2D eigenvalue weighted by molar-refractivity contribution is 9.10. The van der Waals surface area contributed by atoms with Crippen LogP contribution in [-0.4, -0.2) is 5.54 Å². The van der Waals surface area contributed by atoms with Gasteiger partial charge in [0, 0.05) is 10.2 Å². The third-order valence-electron chi connectivity index (χ3n) is 4.95. The Morgan fingerprint density at radius 3 is 2.10 bits per heavy atom. The Hall–Kier alpha value is -1.80. The second kappa shape index (κ2) is 16.0. The van der Waals surface area contributed by atoms with Crippen molar-refractivity contribution in [3.05, 3.63) is 88.9 Å². The number of hydrogen-bond acceptors (Lipinski definition) is 1. The van der Waals surface area contributed by atoms with Crippen LogP contribution in [0.4, 0.5) is 0 Å². The van der Waals surface area contributed by atoms with Crippen LogP contribution in [0.1, 0.15) is 78.4 Å². The van der Waals surface area contributed by atoms with E-state index in [0.717, 1.165) is 34.1 Å². The van der Waals surface area contributed by atoms with Gasteiger partial charge in [-0.3, -0.25) is 0 Å². The molecule has 30 heavy (non-hydrogen) atoms. The molecule has 0 aliphatic carbocycles. The number of nitrogens with one attached hydrogen (secondary N) is 1. The first-order valence-electron chi connectivity index (χ1n) is 11.2. The molecule has 1 unspecified atom stereocenters. The third kappa shape index (κ3) is 10.8. The van der Waals surface area contributed by atoms with Crippen LogP contribution in [0.2, 0.25) is 0 Å². The minimum Gasteiger partial charge on any atom is -0.376 e. The van der Waals surface area contributed by atoms with Crippen LogP contribution in [0.15, 0.2) is 77.8 Å². The lowest BCUT2D eigenvalue weighted by Gasteiger charge is -2.33. The normalized spacial score (nSPS) is 11.7. The van der Waals surface area contributed by atoms with E-state index in [1.165, 1.54) is 24.8 Å². The lowest BCUT2D eigenvalue weighted by Crippen LogP contribution is -2.41. The zero-order valence-electron chi connectivity index (χ0n) is 20.0. The summed E-state index contributed by atoms with van der Waals surface area (Å²) < 4.78 is 1.07. The maximum absolute atomic E-state index is 4.14. The van der Waals surface area contributed by atoms with E-state index in [1.54, 1.807) is 0 Å². The molecule has 0 spiro atoms. The molecule has 0 amide bonds. The van der Waals surface area contributed by atoms with Gasteiger partial charge in [0.15, 0.2) is 0 Å². The first-order chi connectivity index (χ1) is 14.3. The van der Waals surface area contributed by atoms with Gasteiger partial charge in [0.25, 0.3) is 0 Å². The smallest absolute Gasteiger partial charge is 0.0551 e. The molecule has 1 nitrogen and oxygen atoms in total. The van der Waals surface area contributed by atoms with Crippen molar-refractivity contribution in [1.29, 1.82) is 0 Å². The summed E-state index contributed by atoms with van der Waals surface area (Å²) in [6.45, 7) is 20.9. The lowest BCUT2D eigenvalue weighted by molar-refractivity contribution is 0.440. The third-order valence-corrected chi connectivity index (χ3v) is 5.45. The topological polar surface area (TPSA) is 12.0 Å². The second-order valence-corrected chi connectivity index (χ2v) is 8.48. The van der Waals surface area contributed by atoms with Crippen molar-refractivity contribution in [2.75, 3.05) is 0 Å². The van der Waals surface area contributed by atoms with Gasteiger partial charge in [-0.1, -0.05) is 118 Å². The molecule has 0 aliphatic heterocycles. The van der Waals surface area contributed by atoms with Crippen molar-refractivity contribution in [3.63, 3.8) is 0 Å². The van der Waals surface area contributed by atoms with Gasteiger partial charge >= 0.3 is 0 Å². The summed E-state index contributed by atoms with van der Waals surface area (Å²) in [5.74, 6) is 0. The number of aryl methyl sites for hydroxylation is 1. The molecule has 0 aromatic heterocycles. The number of rotatable bonds is 9. The van der Waals surface area contributed by atoms with E-state index < -0.39 is 0 Å². The Kier molecular flexibility index (Phi) is 15.0. The van der Waals surface area contributed by atoms with Gasteiger partial charge in [-0.2, -0.15) is 0 Å². The summed E-state index contributed by atoms with van der Waals surface area (Å²) in [6.07, 6.45) is 5.99. The molecule has 0 fully saturated rings. The SMILES string of the molecule is C=C(NC(C)(CCC)C(=C)C)c1cccc(Br)c1.CC.CCCCc1ccccc1. The van der Waals surface area contributed by atoms with Crippen molar-refractivity contribution in [3.8, 4) is 0 Å². The van der Waals surface area contributed by atoms with Gasteiger partial charge in [0.05, 0.1) is 5.54 Å². The summed E-state index contributed by atoms with van der Waals surface area (Å²) in [5, 5.41) is 3.52. The van der Waals surface area contributed by atoms with Crippen molar-refractivity contribution in [2.24, 2.45) is 0 Å². The Morgan fingerprint density at radius 2 is 1.60 bits per heavy atom. The molecule has 0 aliphatic rings. The zero-order chi connectivity index (χ0) is 23.0. The Bertz CT molecular complexity index is 735. The van der Waals surface area contributed by atoms with Gasteiger partial charge < -0.3 is 5.32 Å². The molecule has 0 bridgehead atoms. The van der Waals surface area contributed by atoms with Gasteiger partial charge in [-0.15, -0.1) is 0 Å². The molecule has 2 aromatic carbocycles. The van der Waals surface area contributed by atoms with Crippen LogP contribution < -0.4 is 5.32 Å². The monoisotopic (exact) mass is 471 g/mol. The summed E-state index contributed by atoms with van der Waals surface area (Å²) in [5.41, 5.74) is 4.56. The standard InChI is InChI=1S/C16H22BrN.C10H14.C2H6/c1-6-10-16(5,12(2)3)18-13(4)14-8-7-9-15(17)11-14;1-2-3-7-10-8-5-4-6-9-10;1-2/h7-9,11,18H,2,4,6,10H2,1,3,5H3;4-6,8-9H,2-3,7H2,1H3;1-2H3. The molecule has 2 heteroatoms. The molecule has 166 valence electrons. The van der Waals surface area contributed by atoms with Crippen LogP contribution in [0.3, 0.4) is 0 Å². The first kappa shape index (κ1) is 28.2. The molecule has 0 radical (unpaired) electrons. The Morgan fingerprint density at radius 1 is 0.967 bits per heavy atom. The fourth-order valence-corrected chi connectivity index (χ4v) is 3.39. The van der Waals surface area contributed by atoms with Crippen LogP contribution in [-0.2, 0) is 6.42 Å². The van der Waals surface area contributed by atoms with Crippen LogP contribution >= 0.6 is 15.9 Å². The highest BCUT2D eigenvalue weighted by atomic mass is 79.9. The Balaban J connectivity index is 0.000000590. The average Bonchev–Trinajstić information content (AvgIpc) is 2.75. The molecule has 2 rings (SSSR count). The van der Waals surface area contributed by atoms with E-state index in [2.05, 4.69) is 105 Å². The van der Waals surface area contributed by atoms with Crippen molar-refractivity contribution in [1.82, 2.24) is 5.32 Å². The van der Waals surface area contributed by atoms with Crippen LogP contribution in [0.5, 0.6) is 0 Å². The molecule has 1 N–H and O–H groups in total. The van der Waals surface area contributed by atoms with E-state index >= 15 is 0 Å². The molecule has 2 aromatic rings. The van der Waals surface area contributed by atoms with Crippen molar-refractivity contribution >= 4 is 21.6 Å². The molecular formula is C28H42BrN. The number of unbranched alkanes of at least 4 members (excludes halogenated alkanes) is 1. The minimum atomic E-state index is -0.0891. The van der Waals surface area contributed by atoms with E-state index in [1.807, 2.05) is 26.0 Å². The average molecular weight is 473 g/mol. The van der Waals surface area contributed by atoms with Crippen LogP contribution in [0, 0.1) is 0 Å². The highest BCUT2D eigenvalue weighted by Crippen LogP contribution is 2.25. The quantitative estimate of drug-likeness (QED) is 0.359. The fourth-order valence-electron chi connectivity index (χ4n) is 2.99. The predicted molar refractivity (Wildman–Crippen MR) is 141 cm³/mol. The second-order valence-electron chi connectivity index (χ2n) is 7.57. The molecule has 0 saturated carbocycles. The number of benzene rings is 2. The minimum absolute atomic E-state index is 0.0891. The molecule has 1 atom stereocenters. The first-order valence-corrected chi connectivity index (χ1v) is 12.0. The molecular weight excluding hydrogens is 430 g/mol. The van der Waals surface area contributed by atoms with E-state index in [0.29, 0.717) is 0 Å². The summed E-state index contributed by atoms with van der Waals surface area (Å²) in [6, 6.07) is 18.8. The zero-order valence-corrected chi connectivity index (χ0v) is 21.6. The summed E-state index contributed by atoms with van der Waals surface area (Å²) >= 11 is 3.48. The van der Waals surface area contributed by atoms with Gasteiger partial charge in [-0.05, 0) is 56.4 Å². The molecule has 0 saturated heterocycles. The van der Waals surface area contributed by atoms with Gasteiger partial charge in [0.1, 0.15) is 0 Å². The maximum atomic E-state index is 4.14. The van der Waals surface area contributed by atoms with E-state index in [9.17, 15) is 0 Å². The predicted octanol–water partition coefficient (Wildman–Crippen LogP) is 9.20. The number of halogens is 1. The Labute approximate surface area is 194 Å². The van der Waals surface area contributed by atoms with E-state index in [-0.39, 0.29) is 5.54 Å². The fraction of sp³-hybridized carbons (Fsp3) is 0.429. The maximum Gasteiger partial charge on any atom is 0.0551 e. The molecule has 0 heterocycles. The van der Waals surface area contributed by atoms with E-state index in [4.69, 9.17) is 0 Å². The van der Waals surface area contributed by atoms with Gasteiger partial charge in [-0.25, -0.2) is 0 Å². The summed E-state index contributed by atoms with van der Waals surface area (Å²) in [7, 11) is 0. The van der Waals surface area contributed by atoms with Crippen molar-refractivity contribution in [2.45, 2.75) is 79.2 Å². The number of hydrogen-bond donors (Lipinski definition) is 1. The summed E-state index contributed by atoms with van der Waals surface area (Å²) in [4.78, 5) is 0. The van der Waals surface area contributed by atoms with Crippen LogP contribution in [0.25, 0.3) is 5.70 Å².